The minimum atomic E-state index is -0.187. The Labute approximate surface area is 204 Å². The minimum Gasteiger partial charge on any atom is -0.493 e. The van der Waals surface area contributed by atoms with Gasteiger partial charge in [-0.1, -0.05) is 23.4 Å². The molecule has 0 unspecified atom stereocenters. The zero-order valence-electron chi connectivity index (χ0n) is 20.2. The first kappa shape index (κ1) is 24.1. The number of amides is 3. The van der Waals surface area contributed by atoms with Gasteiger partial charge >= 0.3 is 6.03 Å². The smallest absolute Gasteiger partial charge is 0.321 e. The molecule has 9 nitrogen and oxygen atoms in total. The van der Waals surface area contributed by atoms with Gasteiger partial charge in [0.05, 0.1) is 18.4 Å². The van der Waals surface area contributed by atoms with Gasteiger partial charge in [-0.05, 0) is 57.0 Å². The highest BCUT2D eigenvalue weighted by Gasteiger charge is 2.24. The van der Waals surface area contributed by atoms with E-state index in [9.17, 15) is 9.59 Å². The summed E-state index contributed by atoms with van der Waals surface area (Å²) < 4.78 is 16.5. The summed E-state index contributed by atoms with van der Waals surface area (Å²) in [5, 5.41) is 9.90. The number of rotatable bonds is 7. The molecule has 1 fully saturated rings. The number of nitrogens with one attached hydrogen (secondary N) is 2. The van der Waals surface area contributed by atoms with E-state index >= 15 is 0 Å². The summed E-state index contributed by atoms with van der Waals surface area (Å²) >= 11 is 0. The van der Waals surface area contributed by atoms with Crippen molar-refractivity contribution in [2.24, 2.45) is 0 Å². The molecule has 0 saturated carbocycles. The highest BCUT2D eigenvalue weighted by Crippen LogP contribution is 2.29. The third-order valence-corrected chi connectivity index (χ3v) is 6.12. The van der Waals surface area contributed by atoms with E-state index in [1.165, 1.54) is 7.11 Å². The summed E-state index contributed by atoms with van der Waals surface area (Å²) in [6.07, 6.45) is 1.37. The van der Waals surface area contributed by atoms with Crippen LogP contribution in [0.5, 0.6) is 11.5 Å². The molecule has 0 aliphatic carbocycles. The molecule has 0 atom stereocenters. The van der Waals surface area contributed by atoms with Crippen LogP contribution in [0.1, 0.15) is 40.2 Å². The van der Waals surface area contributed by atoms with Gasteiger partial charge < -0.3 is 29.5 Å². The van der Waals surface area contributed by atoms with Gasteiger partial charge in [-0.15, -0.1) is 0 Å². The number of aryl methyl sites for hydroxylation is 2. The van der Waals surface area contributed by atoms with E-state index in [1.54, 1.807) is 23.1 Å². The quantitative estimate of drug-likeness (QED) is 0.524. The molecule has 3 aromatic rings. The van der Waals surface area contributed by atoms with Crippen LogP contribution in [0.15, 0.2) is 53.1 Å². The molecule has 1 saturated heterocycles. The van der Waals surface area contributed by atoms with Gasteiger partial charge in [0.2, 0.25) is 0 Å². The Kier molecular flexibility index (Phi) is 7.54. The summed E-state index contributed by atoms with van der Waals surface area (Å²) in [5.41, 5.74) is 2.91. The number of hydrogen-bond acceptors (Lipinski definition) is 6. The van der Waals surface area contributed by atoms with Gasteiger partial charge in [-0.3, -0.25) is 4.79 Å². The van der Waals surface area contributed by atoms with Crippen LogP contribution in [0.2, 0.25) is 0 Å². The number of para-hydroxylation sites is 1. The number of carbonyl (C=O) groups is 2. The summed E-state index contributed by atoms with van der Waals surface area (Å²) in [6.45, 7) is 5.13. The van der Waals surface area contributed by atoms with Crippen molar-refractivity contribution in [2.75, 3.05) is 25.5 Å². The molecule has 1 aliphatic rings. The molecule has 0 bridgehead atoms. The molecule has 0 spiro atoms. The fourth-order valence-corrected chi connectivity index (χ4v) is 4.01. The monoisotopic (exact) mass is 478 g/mol. The van der Waals surface area contributed by atoms with Gasteiger partial charge in [-0.2, -0.15) is 0 Å². The third-order valence-electron chi connectivity index (χ3n) is 6.12. The number of carbonyl (C=O) groups excluding carboxylic acids is 2. The fourth-order valence-electron chi connectivity index (χ4n) is 4.01. The molecule has 2 heterocycles. The van der Waals surface area contributed by atoms with Gasteiger partial charge in [0, 0.05) is 30.4 Å². The van der Waals surface area contributed by atoms with E-state index in [0.29, 0.717) is 55.4 Å². The van der Waals surface area contributed by atoms with Crippen molar-refractivity contribution < 1.29 is 23.6 Å². The van der Waals surface area contributed by atoms with Crippen LogP contribution in [0.25, 0.3) is 0 Å². The lowest BCUT2D eigenvalue weighted by Crippen LogP contribution is -2.47. The summed E-state index contributed by atoms with van der Waals surface area (Å²) in [5.74, 6) is 1.52. The Morgan fingerprint density at radius 1 is 1.09 bits per heavy atom. The largest absolute Gasteiger partial charge is 0.493 e. The standard InChI is InChI=1S/C26H30N4O5/c1-17-22(18(2)35-29-17)16-34-23-10-9-19(15-24(23)33-3)25(31)27-21-11-13-30(14-12-21)26(32)28-20-7-5-4-6-8-20/h4-10,15,21H,11-14,16H2,1-3H3,(H,27,31)(H,28,32). The highest BCUT2D eigenvalue weighted by molar-refractivity contribution is 5.95. The summed E-state index contributed by atoms with van der Waals surface area (Å²) in [7, 11) is 1.54. The van der Waals surface area contributed by atoms with E-state index in [1.807, 2.05) is 44.2 Å². The minimum absolute atomic E-state index is 0.00950. The molecule has 3 amide bonds. The third kappa shape index (κ3) is 5.92. The molecule has 9 heteroatoms. The molecule has 1 aromatic heterocycles. The van der Waals surface area contributed by atoms with Crippen LogP contribution in [0, 0.1) is 13.8 Å². The number of anilines is 1. The van der Waals surface area contributed by atoms with Crippen molar-refractivity contribution in [1.29, 1.82) is 0 Å². The van der Waals surface area contributed by atoms with Crippen LogP contribution in [0.4, 0.5) is 10.5 Å². The van der Waals surface area contributed by atoms with E-state index in [4.69, 9.17) is 14.0 Å². The highest BCUT2D eigenvalue weighted by atomic mass is 16.5. The van der Waals surface area contributed by atoms with E-state index in [2.05, 4.69) is 15.8 Å². The predicted molar refractivity (Wildman–Crippen MR) is 131 cm³/mol. The maximum absolute atomic E-state index is 12.9. The average Bonchev–Trinajstić information content (AvgIpc) is 3.20. The number of benzene rings is 2. The summed E-state index contributed by atoms with van der Waals surface area (Å²) in [6, 6.07) is 14.3. The van der Waals surface area contributed by atoms with Crippen molar-refractivity contribution in [3.05, 3.63) is 71.1 Å². The Morgan fingerprint density at radius 3 is 2.49 bits per heavy atom. The first-order valence-electron chi connectivity index (χ1n) is 11.6. The zero-order chi connectivity index (χ0) is 24.8. The molecule has 1 aliphatic heterocycles. The van der Waals surface area contributed by atoms with Crippen molar-refractivity contribution in [1.82, 2.24) is 15.4 Å². The fraction of sp³-hybridized carbons (Fsp3) is 0.346. The summed E-state index contributed by atoms with van der Waals surface area (Å²) in [4.78, 5) is 27.1. The first-order chi connectivity index (χ1) is 16.9. The van der Waals surface area contributed by atoms with Crippen molar-refractivity contribution >= 4 is 17.6 Å². The van der Waals surface area contributed by atoms with Crippen molar-refractivity contribution in [3.8, 4) is 11.5 Å². The molecule has 35 heavy (non-hydrogen) atoms. The number of piperidine rings is 1. The topological polar surface area (TPSA) is 106 Å². The first-order valence-corrected chi connectivity index (χ1v) is 11.6. The number of urea groups is 1. The van der Waals surface area contributed by atoms with Crippen LogP contribution >= 0.6 is 0 Å². The number of methoxy groups -OCH3 is 1. The normalized spacial score (nSPS) is 13.9. The van der Waals surface area contributed by atoms with E-state index in [0.717, 1.165) is 16.9 Å². The number of ether oxygens (including phenoxy) is 2. The van der Waals surface area contributed by atoms with Crippen LogP contribution < -0.4 is 20.1 Å². The number of nitrogens with zero attached hydrogens (tertiary/aromatic N) is 2. The van der Waals surface area contributed by atoms with Crippen LogP contribution in [-0.2, 0) is 6.61 Å². The van der Waals surface area contributed by atoms with Gasteiger partial charge in [-0.25, -0.2) is 4.79 Å². The number of hydrogen-bond donors (Lipinski definition) is 2. The van der Waals surface area contributed by atoms with E-state index < -0.39 is 0 Å². The molecule has 4 rings (SSSR count). The molecular formula is C26H30N4O5. The second-order valence-electron chi connectivity index (χ2n) is 8.49. The van der Waals surface area contributed by atoms with Crippen LogP contribution in [0.3, 0.4) is 0 Å². The lowest BCUT2D eigenvalue weighted by molar-refractivity contribution is 0.0919. The maximum atomic E-state index is 12.9. The van der Waals surface area contributed by atoms with E-state index in [-0.39, 0.29) is 18.0 Å². The molecule has 2 N–H and O–H groups in total. The average molecular weight is 479 g/mol. The lowest BCUT2D eigenvalue weighted by atomic mass is 10.0. The van der Waals surface area contributed by atoms with Crippen LogP contribution in [-0.4, -0.2) is 48.2 Å². The Hall–Kier alpha value is -4.01. The van der Waals surface area contributed by atoms with Gasteiger partial charge in [0.25, 0.3) is 5.91 Å². The van der Waals surface area contributed by atoms with Gasteiger partial charge in [0.15, 0.2) is 11.5 Å². The molecule has 0 radical (unpaired) electrons. The second-order valence-corrected chi connectivity index (χ2v) is 8.49. The Morgan fingerprint density at radius 2 is 1.83 bits per heavy atom. The molecule has 184 valence electrons. The molecular weight excluding hydrogens is 448 g/mol. The second kappa shape index (κ2) is 10.9. The molecule has 2 aromatic carbocycles. The Bertz CT molecular complexity index is 1150. The van der Waals surface area contributed by atoms with Gasteiger partial charge in [0.1, 0.15) is 12.4 Å². The number of likely N-dealkylation sites (tertiary alicyclic amines) is 1. The predicted octanol–water partition coefficient (Wildman–Crippen LogP) is 4.31. The SMILES string of the molecule is COc1cc(C(=O)NC2CCN(C(=O)Nc3ccccc3)CC2)ccc1OCc1c(C)noc1C. The van der Waals surface area contributed by atoms with Crippen molar-refractivity contribution in [2.45, 2.75) is 39.3 Å². The number of aromatic nitrogens is 1. The zero-order valence-corrected chi connectivity index (χ0v) is 20.2. The Balaban J connectivity index is 1.30. The lowest BCUT2D eigenvalue weighted by Gasteiger charge is -2.32. The van der Waals surface area contributed by atoms with Crippen molar-refractivity contribution in [3.63, 3.8) is 0 Å². The maximum Gasteiger partial charge on any atom is 0.321 e.